The highest BCUT2D eigenvalue weighted by atomic mass is 15.4. The Bertz CT molecular complexity index is 527. The summed E-state index contributed by atoms with van der Waals surface area (Å²) < 4.78 is 2.06. The molecule has 0 saturated carbocycles. The van der Waals surface area contributed by atoms with E-state index in [2.05, 4.69) is 30.0 Å². The van der Waals surface area contributed by atoms with Crippen LogP contribution in [0.2, 0.25) is 0 Å². The highest BCUT2D eigenvalue weighted by molar-refractivity contribution is 5.56. The van der Waals surface area contributed by atoms with Gasteiger partial charge in [0.1, 0.15) is 0 Å². The summed E-state index contributed by atoms with van der Waals surface area (Å²) in [4.78, 5) is 6.32. The third-order valence-corrected chi connectivity index (χ3v) is 3.41. The van der Waals surface area contributed by atoms with Gasteiger partial charge in [-0.15, -0.1) is 10.2 Å². The van der Waals surface area contributed by atoms with Gasteiger partial charge in [0.05, 0.1) is 0 Å². The summed E-state index contributed by atoms with van der Waals surface area (Å²) in [5.41, 5.74) is 1.05. The summed E-state index contributed by atoms with van der Waals surface area (Å²) in [5, 5.41) is 12.1. The topological polar surface area (TPSA) is 58.9 Å². The zero-order chi connectivity index (χ0) is 13.1. The Kier molecular flexibility index (Phi) is 3.41. The summed E-state index contributed by atoms with van der Waals surface area (Å²) in [6, 6.07) is 3.91. The molecule has 1 aliphatic heterocycles. The van der Waals surface area contributed by atoms with Gasteiger partial charge in [0, 0.05) is 44.6 Å². The van der Waals surface area contributed by atoms with Crippen LogP contribution in [0.15, 0.2) is 24.5 Å². The average Bonchev–Trinajstić information content (AvgIpc) is 2.67. The van der Waals surface area contributed by atoms with Crippen LogP contribution in [0.25, 0.3) is 11.4 Å². The van der Waals surface area contributed by atoms with Crippen molar-refractivity contribution in [3.05, 3.63) is 24.5 Å². The van der Waals surface area contributed by atoms with Gasteiger partial charge in [-0.1, -0.05) is 0 Å². The molecule has 0 atom stereocenters. The molecule has 1 fully saturated rings. The van der Waals surface area contributed by atoms with Gasteiger partial charge in [0.25, 0.3) is 0 Å². The van der Waals surface area contributed by atoms with E-state index in [9.17, 15) is 0 Å². The lowest BCUT2D eigenvalue weighted by Crippen LogP contribution is -2.30. The molecule has 0 aromatic carbocycles. The summed E-state index contributed by atoms with van der Waals surface area (Å²) >= 11 is 0. The van der Waals surface area contributed by atoms with Crippen molar-refractivity contribution in [2.75, 3.05) is 31.1 Å². The Hall–Kier alpha value is -1.95. The van der Waals surface area contributed by atoms with Gasteiger partial charge in [-0.3, -0.25) is 9.55 Å². The van der Waals surface area contributed by atoms with Crippen molar-refractivity contribution in [3.8, 4) is 11.4 Å². The Balaban J connectivity index is 1.90. The van der Waals surface area contributed by atoms with Crippen LogP contribution in [-0.2, 0) is 7.05 Å². The maximum absolute atomic E-state index is 4.35. The van der Waals surface area contributed by atoms with Crippen molar-refractivity contribution < 1.29 is 0 Å². The minimum Gasteiger partial charge on any atom is -0.340 e. The second-order valence-electron chi connectivity index (χ2n) is 4.71. The van der Waals surface area contributed by atoms with Gasteiger partial charge in [-0.05, 0) is 25.1 Å². The first-order chi connectivity index (χ1) is 9.36. The molecule has 0 amide bonds. The number of hydrogen-bond acceptors (Lipinski definition) is 5. The van der Waals surface area contributed by atoms with Crippen LogP contribution in [0, 0.1) is 0 Å². The number of aromatic nitrogens is 4. The lowest BCUT2D eigenvalue weighted by atomic mass is 10.2. The number of pyridine rings is 1. The van der Waals surface area contributed by atoms with Gasteiger partial charge in [0.2, 0.25) is 5.95 Å². The van der Waals surface area contributed by atoms with E-state index in [0.29, 0.717) is 0 Å². The molecule has 0 unspecified atom stereocenters. The van der Waals surface area contributed by atoms with E-state index in [1.807, 2.05) is 19.2 Å². The zero-order valence-corrected chi connectivity index (χ0v) is 11.1. The Morgan fingerprint density at radius 2 is 1.95 bits per heavy atom. The molecule has 0 aliphatic carbocycles. The van der Waals surface area contributed by atoms with Crippen LogP contribution in [0.4, 0.5) is 5.95 Å². The molecule has 2 aromatic heterocycles. The lowest BCUT2D eigenvalue weighted by molar-refractivity contribution is 0.724. The fourth-order valence-corrected chi connectivity index (χ4v) is 2.39. The molecular formula is C13H18N6. The maximum Gasteiger partial charge on any atom is 0.227 e. The SMILES string of the molecule is Cn1c(-c2ccncc2)nnc1N1CCCNCC1. The van der Waals surface area contributed by atoms with E-state index in [0.717, 1.165) is 49.9 Å². The van der Waals surface area contributed by atoms with Crippen LogP contribution in [-0.4, -0.2) is 45.9 Å². The number of nitrogens with one attached hydrogen (secondary N) is 1. The molecule has 1 N–H and O–H groups in total. The Labute approximate surface area is 112 Å². The number of anilines is 1. The molecule has 1 saturated heterocycles. The minimum absolute atomic E-state index is 0.884. The van der Waals surface area contributed by atoms with E-state index in [1.165, 1.54) is 0 Å². The standard InChI is InChI=1S/C13H18N6/c1-18-12(11-3-6-15-7-4-11)16-17-13(18)19-9-2-5-14-8-10-19/h3-4,6-7,14H,2,5,8-10H2,1H3. The summed E-state index contributed by atoms with van der Waals surface area (Å²) in [7, 11) is 2.02. The summed E-state index contributed by atoms with van der Waals surface area (Å²) in [6.45, 7) is 4.07. The monoisotopic (exact) mass is 258 g/mol. The Morgan fingerprint density at radius 1 is 1.11 bits per heavy atom. The first-order valence-electron chi connectivity index (χ1n) is 6.62. The van der Waals surface area contributed by atoms with E-state index < -0.39 is 0 Å². The summed E-state index contributed by atoms with van der Waals surface area (Å²) in [6.07, 6.45) is 4.69. The maximum atomic E-state index is 4.35. The largest absolute Gasteiger partial charge is 0.340 e. The zero-order valence-electron chi connectivity index (χ0n) is 11.1. The molecule has 3 rings (SSSR count). The van der Waals surface area contributed by atoms with Crippen molar-refractivity contribution in [2.45, 2.75) is 6.42 Å². The molecule has 6 heteroatoms. The molecular weight excluding hydrogens is 240 g/mol. The number of rotatable bonds is 2. The molecule has 2 aromatic rings. The van der Waals surface area contributed by atoms with Crippen LogP contribution >= 0.6 is 0 Å². The molecule has 3 heterocycles. The fourth-order valence-electron chi connectivity index (χ4n) is 2.39. The van der Waals surface area contributed by atoms with Gasteiger partial charge >= 0.3 is 0 Å². The predicted molar refractivity (Wildman–Crippen MR) is 73.9 cm³/mol. The van der Waals surface area contributed by atoms with Crippen LogP contribution < -0.4 is 10.2 Å². The van der Waals surface area contributed by atoms with Crippen molar-refractivity contribution in [1.82, 2.24) is 25.1 Å². The average molecular weight is 258 g/mol. The van der Waals surface area contributed by atoms with Gasteiger partial charge < -0.3 is 10.2 Å². The van der Waals surface area contributed by atoms with Crippen molar-refractivity contribution in [1.29, 1.82) is 0 Å². The van der Waals surface area contributed by atoms with Crippen LogP contribution in [0.1, 0.15) is 6.42 Å². The predicted octanol–water partition coefficient (Wildman–Crippen LogP) is 0.677. The Morgan fingerprint density at radius 3 is 2.79 bits per heavy atom. The summed E-state index contributed by atoms with van der Waals surface area (Å²) in [5.74, 6) is 1.82. The van der Waals surface area contributed by atoms with Gasteiger partial charge in [0.15, 0.2) is 5.82 Å². The smallest absolute Gasteiger partial charge is 0.227 e. The van der Waals surface area contributed by atoms with E-state index in [4.69, 9.17) is 0 Å². The second-order valence-corrected chi connectivity index (χ2v) is 4.71. The quantitative estimate of drug-likeness (QED) is 0.858. The molecule has 0 spiro atoms. The first kappa shape index (κ1) is 12.1. The normalized spacial score (nSPS) is 16.4. The molecule has 100 valence electrons. The van der Waals surface area contributed by atoms with E-state index in [1.54, 1.807) is 12.4 Å². The molecule has 1 aliphatic rings. The van der Waals surface area contributed by atoms with Crippen molar-refractivity contribution in [3.63, 3.8) is 0 Å². The minimum atomic E-state index is 0.884. The molecule has 0 bridgehead atoms. The van der Waals surface area contributed by atoms with Gasteiger partial charge in [-0.2, -0.15) is 0 Å². The van der Waals surface area contributed by atoms with Crippen molar-refractivity contribution >= 4 is 5.95 Å². The third kappa shape index (κ3) is 2.44. The molecule has 0 radical (unpaired) electrons. The van der Waals surface area contributed by atoms with Gasteiger partial charge in [-0.25, -0.2) is 0 Å². The highest BCUT2D eigenvalue weighted by Gasteiger charge is 2.17. The first-order valence-corrected chi connectivity index (χ1v) is 6.62. The highest BCUT2D eigenvalue weighted by Crippen LogP contribution is 2.20. The molecule has 6 nitrogen and oxygen atoms in total. The van der Waals surface area contributed by atoms with E-state index >= 15 is 0 Å². The number of nitrogens with zero attached hydrogens (tertiary/aromatic N) is 5. The van der Waals surface area contributed by atoms with E-state index in [-0.39, 0.29) is 0 Å². The second kappa shape index (κ2) is 5.36. The van der Waals surface area contributed by atoms with Crippen molar-refractivity contribution in [2.24, 2.45) is 7.05 Å². The fraction of sp³-hybridized carbons (Fsp3) is 0.462. The lowest BCUT2D eigenvalue weighted by Gasteiger charge is -2.20. The number of hydrogen-bond donors (Lipinski definition) is 1. The third-order valence-electron chi connectivity index (χ3n) is 3.41. The van der Waals surface area contributed by atoms with Crippen LogP contribution in [0.3, 0.4) is 0 Å². The molecule has 19 heavy (non-hydrogen) atoms. The van der Waals surface area contributed by atoms with Crippen LogP contribution in [0.5, 0.6) is 0 Å².